The predicted molar refractivity (Wildman–Crippen MR) is 159 cm³/mol. The number of hydrogen-bond donors (Lipinski definition) is 1. The number of halogens is 3. The van der Waals surface area contributed by atoms with Crippen LogP contribution in [0.25, 0.3) is 56.1 Å². The lowest BCUT2D eigenvalue weighted by Crippen LogP contribution is -2.32. The molecule has 6 rings (SSSR count). The summed E-state index contributed by atoms with van der Waals surface area (Å²) >= 11 is 0. The van der Waals surface area contributed by atoms with Crippen LogP contribution in [0.15, 0.2) is 81.8 Å². The van der Waals surface area contributed by atoms with E-state index in [0.717, 1.165) is 10.6 Å². The number of pyridine rings is 1. The van der Waals surface area contributed by atoms with Crippen molar-refractivity contribution >= 4 is 43.8 Å². The summed E-state index contributed by atoms with van der Waals surface area (Å²) in [5, 5.41) is 2.82. The van der Waals surface area contributed by atoms with Crippen molar-refractivity contribution in [3.05, 3.63) is 90.1 Å². The van der Waals surface area contributed by atoms with Crippen LogP contribution in [-0.4, -0.2) is 50.8 Å². The molecule has 1 N–H and O–H groups in total. The highest BCUT2D eigenvalue weighted by Crippen LogP contribution is 2.42. The maximum atomic E-state index is 15.2. The van der Waals surface area contributed by atoms with E-state index in [1.807, 2.05) is 0 Å². The standard InChI is InChI=1S/C31H23F3N4O5S/c1-35-30(39)27-23-15-22(18-12-19(14-21(34)13-18)31-37-29-25(43-31)4-3-10-36-29)24(38(11-9-32)44(2,40)41)16-26(23)42-28(27)17-5-7-20(33)8-6-17/h3-8,10,12-16H,9,11H2,1-2H3,(H,35,39). The number of rotatable bonds is 8. The van der Waals surface area contributed by atoms with Gasteiger partial charge in [0.2, 0.25) is 15.9 Å². The Morgan fingerprint density at radius 1 is 0.932 bits per heavy atom. The van der Waals surface area contributed by atoms with Gasteiger partial charge in [-0.1, -0.05) is 0 Å². The van der Waals surface area contributed by atoms with Gasteiger partial charge in [0.05, 0.1) is 24.1 Å². The van der Waals surface area contributed by atoms with Gasteiger partial charge in [0, 0.05) is 41.4 Å². The number of amides is 1. The zero-order valence-corrected chi connectivity index (χ0v) is 24.1. The average molecular weight is 621 g/mol. The number of aromatic nitrogens is 2. The molecule has 44 heavy (non-hydrogen) atoms. The van der Waals surface area contributed by atoms with Crippen LogP contribution in [0.5, 0.6) is 0 Å². The molecule has 3 aromatic carbocycles. The molecule has 0 aliphatic carbocycles. The zero-order valence-electron chi connectivity index (χ0n) is 23.3. The van der Waals surface area contributed by atoms with Gasteiger partial charge in [-0.05, 0) is 66.2 Å². The molecule has 0 saturated carbocycles. The fourth-order valence-corrected chi connectivity index (χ4v) is 5.94. The van der Waals surface area contributed by atoms with Crippen molar-refractivity contribution in [2.45, 2.75) is 0 Å². The Kier molecular flexibility index (Phi) is 7.33. The zero-order chi connectivity index (χ0) is 31.2. The number of oxazole rings is 1. The van der Waals surface area contributed by atoms with Crippen LogP contribution in [0, 0.1) is 11.6 Å². The Labute approximate surface area is 249 Å². The highest BCUT2D eigenvalue weighted by molar-refractivity contribution is 7.92. The van der Waals surface area contributed by atoms with Gasteiger partial charge in [0.25, 0.3) is 5.91 Å². The van der Waals surface area contributed by atoms with Crippen LogP contribution < -0.4 is 9.62 Å². The molecule has 0 bridgehead atoms. The first kappa shape index (κ1) is 28.9. The number of furan rings is 1. The maximum Gasteiger partial charge on any atom is 0.255 e. The van der Waals surface area contributed by atoms with Crippen LogP contribution in [0.3, 0.4) is 0 Å². The second-order valence-corrected chi connectivity index (χ2v) is 11.8. The number of fused-ring (bicyclic) bond motifs is 2. The second-order valence-electron chi connectivity index (χ2n) is 9.85. The van der Waals surface area contributed by atoms with Gasteiger partial charge < -0.3 is 14.2 Å². The Hall–Kier alpha value is -5.17. The van der Waals surface area contributed by atoms with Gasteiger partial charge in [-0.25, -0.2) is 26.6 Å². The molecule has 0 unspecified atom stereocenters. The van der Waals surface area contributed by atoms with Crippen LogP contribution >= 0.6 is 0 Å². The molecular formula is C31H23F3N4O5S. The average Bonchev–Trinajstić information content (AvgIpc) is 3.60. The molecule has 0 atom stereocenters. The fourth-order valence-electron chi connectivity index (χ4n) is 5.03. The number of carbonyl (C=O) groups excluding carboxylic acids is 1. The number of sulfonamides is 1. The van der Waals surface area contributed by atoms with Gasteiger partial charge in [0.15, 0.2) is 11.2 Å². The van der Waals surface area contributed by atoms with E-state index in [4.69, 9.17) is 8.83 Å². The van der Waals surface area contributed by atoms with Gasteiger partial charge >= 0.3 is 0 Å². The minimum absolute atomic E-state index is 0.0173. The first-order chi connectivity index (χ1) is 21.1. The number of hydrogen-bond acceptors (Lipinski definition) is 7. The minimum Gasteiger partial charge on any atom is -0.455 e. The normalized spacial score (nSPS) is 11.8. The number of nitrogens with zero attached hydrogens (tertiary/aromatic N) is 3. The van der Waals surface area contributed by atoms with E-state index in [-0.39, 0.29) is 50.6 Å². The van der Waals surface area contributed by atoms with Gasteiger partial charge in [-0.2, -0.15) is 4.98 Å². The van der Waals surface area contributed by atoms with Crippen LogP contribution in [0.1, 0.15) is 10.4 Å². The number of anilines is 1. The fraction of sp³-hybridized carbons (Fsp3) is 0.129. The topological polar surface area (TPSA) is 119 Å². The highest BCUT2D eigenvalue weighted by Gasteiger charge is 2.28. The van der Waals surface area contributed by atoms with E-state index in [9.17, 15) is 22.0 Å². The number of nitrogens with one attached hydrogen (secondary N) is 1. The molecule has 3 aromatic heterocycles. The summed E-state index contributed by atoms with van der Waals surface area (Å²) < 4.78 is 81.1. The van der Waals surface area contributed by atoms with Crippen molar-refractivity contribution in [1.82, 2.24) is 15.3 Å². The third-order valence-corrected chi connectivity index (χ3v) is 8.12. The molecule has 13 heteroatoms. The third kappa shape index (κ3) is 5.26. The van der Waals surface area contributed by atoms with Crippen molar-refractivity contribution in [2.24, 2.45) is 0 Å². The molecule has 1 amide bonds. The molecular weight excluding hydrogens is 597 g/mol. The Morgan fingerprint density at radius 3 is 2.36 bits per heavy atom. The predicted octanol–water partition coefficient (Wildman–Crippen LogP) is 6.34. The molecule has 3 heterocycles. The lowest BCUT2D eigenvalue weighted by Gasteiger charge is -2.24. The summed E-state index contributed by atoms with van der Waals surface area (Å²) in [6.45, 7) is -1.55. The molecule has 9 nitrogen and oxygen atoms in total. The number of carbonyl (C=O) groups is 1. The summed E-state index contributed by atoms with van der Waals surface area (Å²) in [7, 11) is -2.63. The second kappa shape index (κ2) is 11.2. The van der Waals surface area contributed by atoms with E-state index in [2.05, 4.69) is 15.3 Å². The molecule has 0 spiro atoms. The van der Waals surface area contributed by atoms with Crippen molar-refractivity contribution in [3.63, 3.8) is 0 Å². The quantitative estimate of drug-likeness (QED) is 0.211. The van der Waals surface area contributed by atoms with Gasteiger partial charge in [-0.3, -0.25) is 9.10 Å². The third-order valence-electron chi connectivity index (χ3n) is 6.94. The first-order valence-electron chi connectivity index (χ1n) is 13.2. The number of alkyl halides is 1. The van der Waals surface area contributed by atoms with E-state index in [1.54, 1.807) is 12.1 Å². The molecule has 0 fully saturated rings. The first-order valence-corrected chi connectivity index (χ1v) is 15.1. The molecule has 0 aliphatic rings. The van der Waals surface area contributed by atoms with E-state index < -0.39 is 40.8 Å². The minimum atomic E-state index is -4.05. The largest absolute Gasteiger partial charge is 0.455 e. The summed E-state index contributed by atoms with van der Waals surface area (Å²) in [6, 6.07) is 15.3. The van der Waals surface area contributed by atoms with E-state index in [1.165, 1.54) is 67.8 Å². The van der Waals surface area contributed by atoms with Crippen molar-refractivity contribution in [1.29, 1.82) is 0 Å². The van der Waals surface area contributed by atoms with Crippen LogP contribution in [0.2, 0.25) is 0 Å². The molecule has 224 valence electrons. The molecule has 0 saturated heterocycles. The SMILES string of the molecule is CNC(=O)c1c(-c2ccc(F)cc2)oc2cc(N(CCF)S(C)(=O)=O)c(-c3cc(F)cc(-c4nc5ncccc5o4)c3)cc12. The van der Waals surface area contributed by atoms with E-state index in [0.29, 0.717) is 16.8 Å². The Morgan fingerprint density at radius 2 is 1.68 bits per heavy atom. The van der Waals surface area contributed by atoms with Crippen LogP contribution in [-0.2, 0) is 10.0 Å². The van der Waals surface area contributed by atoms with Crippen molar-refractivity contribution in [3.8, 4) is 33.9 Å². The summed E-state index contributed by atoms with van der Waals surface area (Å²) in [5.74, 6) is -1.57. The van der Waals surface area contributed by atoms with Gasteiger partial charge in [0.1, 0.15) is 29.7 Å². The Balaban J connectivity index is 1.65. The summed E-state index contributed by atoms with van der Waals surface area (Å²) in [6.07, 6.45) is 2.45. The lowest BCUT2D eigenvalue weighted by molar-refractivity contribution is 0.0964. The van der Waals surface area contributed by atoms with E-state index >= 15 is 4.39 Å². The maximum absolute atomic E-state index is 15.2. The smallest absolute Gasteiger partial charge is 0.255 e. The number of benzene rings is 3. The van der Waals surface area contributed by atoms with Crippen LogP contribution in [0.4, 0.5) is 18.9 Å². The molecule has 0 radical (unpaired) electrons. The monoisotopic (exact) mass is 620 g/mol. The Bertz CT molecular complexity index is 2130. The molecule has 6 aromatic rings. The van der Waals surface area contributed by atoms with Gasteiger partial charge in [-0.15, -0.1) is 0 Å². The summed E-state index contributed by atoms with van der Waals surface area (Å²) in [5.41, 5.74) is 1.80. The van der Waals surface area contributed by atoms with Crippen molar-refractivity contribution < 1.29 is 35.2 Å². The molecule has 0 aliphatic heterocycles. The summed E-state index contributed by atoms with van der Waals surface area (Å²) in [4.78, 5) is 21.6. The lowest BCUT2D eigenvalue weighted by atomic mass is 9.97. The van der Waals surface area contributed by atoms with Crippen molar-refractivity contribution in [2.75, 3.05) is 30.8 Å². The highest BCUT2D eigenvalue weighted by atomic mass is 32.2.